The Hall–Kier alpha value is -4.42. The summed E-state index contributed by atoms with van der Waals surface area (Å²) in [6, 6.07) is 39.6. The minimum Gasteiger partial charge on any atom is -0.0616 e. The first-order chi connectivity index (χ1) is 17.7. The molecule has 0 spiro atoms. The molecule has 0 saturated carbocycles. The van der Waals surface area contributed by atoms with Gasteiger partial charge in [0.25, 0.3) is 0 Å². The molecule has 6 aromatic carbocycles. The van der Waals surface area contributed by atoms with E-state index in [1.165, 1.54) is 65.7 Å². The second-order valence-corrected chi connectivity index (χ2v) is 9.61. The number of benzene rings is 6. The van der Waals surface area contributed by atoms with E-state index < -0.39 is 0 Å². The summed E-state index contributed by atoms with van der Waals surface area (Å²) in [6.07, 6.45) is 8.95. The maximum atomic E-state index is 2.36. The molecule has 0 fully saturated rings. The number of fused-ring (bicyclic) bond motifs is 5. The van der Waals surface area contributed by atoms with E-state index in [4.69, 9.17) is 0 Å². The minimum absolute atomic E-state index is 1.21. The van der Waals surface area contributed by atoms with Gasteiger partial charge in [-0.1, -0.05) is 132 Å². The van der Waals surface area contributed by atoms with Crippen LogP contribution in [0.5, 0.6) is 0 Å². The molecule has 172 valence electrons. The van der Waals surface area contributed by atoms with Gasteiger partial charge in [-0.15, -0.1) is 0 Å². The first-order valence-corrected chi connectivity index (χ1v) is 12.5. The molecule has 0 radical (unpaired) electrons. The van der Waals surface area contributed by atoms with Gasteiger partial charge in [0.2, 0.25) is 0 Å². The number of hydrogen-bond donors (Lipinski definition) is 0. The molecule has 0 aliphatic carbocycles. The van der Waals surface area contributed by atoms with Crippen molar-refractivity contribution in [2.45, 2.75) is 13.8 Å². The lowest BCUT2D eigenvalue weighted by molar-refractivity contribution is 1.46. The van der Waals surface area contributed by atoms with Gasteiger partial charge in [0.15, 0.2) is 0 Å². The zero-order valence-electron chi connectivity index (χ0n) is 20.7. The van der Waals surface area contributed by atoms with Gasteiger partial charge in [0.05, 0.1) is 0 Å². The first kappa shape index (κ1) is 22.1. The monoisotopic (exact) mass is 460 g/mol. The molecule has 0 nitrogen and oxygen atoms in total. The highest BCUT2D eigenvalue weighted by molar-refractivity contribution is 6.21. The molecule has 0 saturated heterocycles. The van der Waals surface area contributed by atoms with Crippen molar-refractivity contribution < 1.29 is 0 Å². The molecule has 0 atom stereocenters. The summed E-state index contributed by atoms with van der Waals surface area (Å²) in [4.78, 5) is 0. The highest BCUT2D eigenvalue weighted by Crippen LogP contribution is 2.36. The lowest BCUT2D eigenvalue weighted by Gasteiger charge is -2.13. The van der Waals surface area contributed by atoms with Gasteiger partial charge in [-0.05, 0) is 80.6 Å². The maximum absolute atomic E-state index is 2.36. The smallest absolute Gasteiger partial charge is 0.00926 e. The van der Waals surface area contributed by atoms with Crippen LogP contribution >= 0.6 is 0 Å². The zero-order valence-corrected chi connectivity index (χ0v) is 20.7. The van der Waals surface area contributed by atoms with Crippen molar-refractivity contribution in [3.8, 4) is 0 Å². The fourth-order valence-electron chi connectivity index (χ4n) is 5.01. The van der Waals surface area contributed by atoms with E-state index in [0.29, 0.717) is 0 Å². The molecule has 0 heterocycles. The van der Waals surface area contributed by atoms with E-state index in [-0.39, 0.29) is 0 Å². The molecule has 6 rings (SSSR count). The van der Waals surface area contributed by atoms with Crippen molar-refractivity contribution in [3.63, 3.8) is 0 Å². The molecule has 0 unspecified atom stereocenters. The van der Waals surface area contributed by atoms with Crippen LogP contribution in [0.1, 0.15) is 33.4 Å². The number of hydrogen-bond acceptors (Lipinski definition) is 0. The van der Waals surface area contributed by atoms with Gasteiger partial charge in [0, 0.05) is 0 Å². The molecule has 0 N–H and O–H groups in total. The van der Waals surface area contributed by atoms with Crippen LogP contribution in [0.4, 0.5) is 0 Å². The molecule has 0 heteroatoms. The molecule has 0 bridgehead atoms. The Bertz CT molecular complexity index is 1630. The van der Waals surface area contributed by atoms with Crippen LogP contribution < -0.4 is 0 Å². The Kier molecular flexibility index (Phi) is 5.71. The summed E-state index contributed by atoms with van der Waals surface area (Å²) in [7, 11) is 0. The lowest BCUT2D eigenvalue weighted by atomic mass is 9.91. The summed E-state index contributed by atoms with van der Waals surface area (Å²) in [6.45, 7) is 4.25. The summed E-state index contributed by atoms with van der Waals surface area (Å²) >= 11 is 0. The van der Waals surface area contributed by atoms with Gasteiger partial charge in [-0.3, -0.25) is 0 Å². The molecule has 6 aromatic rings. The zero-order chi connectivity index (χ0) is 24.5. The number of aryl methyl sites for hydroxylation is 2. The largest absolute Gasteiger partial charge is 0.0616 e. The van der Waals surface area contributed by atoms with E-state index in [9.17, 15) is 0 Å². The average Bonchev–Trinajstić information content (AvgIpc) is 2.92. The van der Waals surface area contributed by atoms with E-state index in [2.05, 4.69) is 147 Å². The molecule has 0 aliphatic heterocycles. The second-order valence-electron chi connectivity index (χ2n) is 9.61. The van der Waals surface area contributed by atoms with Crippen LogP contribution in [0.3, 0.4) is 0 Å². The maximum Gasteiger partial charge on any atom is -0.00926 e. The van der Waals surface area contributed by atoms with Gasteiger partial charge >= 0.3 is 0 Å². The predicted molar refractivity (Wildman–Crippen MR) is 159 cm³/mol. The van der Waals surface area contributed by atoms with Crippen molar-refractivity contribution in [1.29, 1.82) is 0 Å². The second kappa shape index (κ2) is 9.32. The highest BCUT2D eigenvalue weighted by Gasteiger charge is 2.10. The van der Waals surface area contributed by atoms with Crippen LogP contribution in [0.2, 0.25) is 0 Å². The fourth-order valence-corrected chi connectivity index (χ4v) is 5.01. The standard InChI is InChI=1S/C36H28/c1-25-11-15-27(16-12-25)19-21-29-23-35-34-10-6-4-8-32(34)30(22-20-28-17-13-26(2)14-18-28)24-36(35)33-9-5-3-7-31(29)33/h3-24H,1-2H3/b21-19+,22-20+. The molecule has 0 aliphatic rings. The van der Waals surface area contributed by atoms with Crippen molar-refractivity contribution in [1.82, 2.24) is 0 Å². The number of rotatable bonds is 4. The summed E-state index contributed by atoms with van der Waals surface area (Å²) < 4.78 is 0. The lowest BCUT2D eigenvalue weighted by Crippen LogP contribution is -1.87. The molecule has 36 heavy (non-hydrogen) atoms. The first-order valence-electron chi connectivity index (χ1n) is 12.5. The van der Waals surface area contributed by atoms with E-state index in [1.807, 2.05) is 0 Å². The van der Waals surface area contributed by atoms with Crippen molar-refractivity contribution in [2.24, 2.45) is 0 Å². The Labute approximate surface area is 212 Å². The van der Waals surface area contributed by atoms with Gasteiger partial charge in [-0.25, -0.2) is 0 Å². The van der Waals surface area contributed by atoms with Crippen LogP contribution in [0.15, 0.2) is 109 Å². The van der Waals surface area contributed by atoms with E-state index in [1.54, 1.807) is 0 Å². The van der Waals surface area contributed by atoms with Crippen LogP contribution in [0.25, 0.3) is 56.6 Å². The Morgan fingerprint density at radius 3 is 1.11 bits per heavy atom. The fraction of sp³-hybridized carbons (Fsp3) is 0.0556. The molecule has 0 amide bonds. The van der Waals surface area contributed by atoms with Crippen molar-refractivity contribution >= 4 is 56.6 Å². The van der Waals surface area contributed by atoms with Gasteiger partial charge < -0.3 is 0 Å². The molecular formula is C36H28. The van der Waals surface area contributed by atoms with Crippen molar-refractivity contribution in [2.75, 3.05) is 0 Å². The average molecular weight is 461 g/mol. The molecule has 0 aromatic heterocycles. The highest BCUT2D eigenvalue weighted by atomic mass is 14.1. The summed E-state index contributed by atoms with van der Waals surface area (Å²) in [5.41, 5.74) is 7.47. The summed E-state index contributed by atoms with van der Waals surface area (Å²) in [5.74, 6) is 0. The minimum atomic E-state index is 1.21. The Balaban J connectivity index is 1.56. The van der Waals surface area contributed by atoms with Crippen molar-refractivity contribution in [3.05, 3.63) is 143 Å². The normalized spacial score (nSPS) is 11.9. The Morgan fingerprint density at radius 2 is 0.722 bits per heavy atom. The molecular weight excluding hydrogens is 432 g/mol. The van der Waals surface area contributed by atoms with E-state index >= 15 is 0 Å². The van der Waals surface area contributed by atoms with Gasteiger partial charge in [-0.2, -0.15) is 0 Å². The quantitative estimate of drug-likeness (QED) is 0.181. The third kappa shape index (κ3) is 4.23. The van der Waals surface area contributed by atoms with Gasteiger partial charge in [0.1, 0.15) is 0 Å². The predicted octanol–water partition coefficient (Wildman–Crippen LogP) is 10.1. The third-order valence-corrected chi connectivity index (χ3v) is 7.01. The summed E-state index contributed by atoms with van der Waals surface area (Å²) in [5, 5.41) is 7.71. The van der Waals surface area contributed by atoms with Crippen LogP contribution in [0, 0.1) is 13.8 Å². The third-order valence-electron chi connectivity index (χ3n) is 7.01. The van der Waals surface area contributed by atoms with E-state index in [0.717, 1.165) is 0 Å². The van der Waals surface area contributed by atoms with Crippen LogP contribution in [-0.2, 0) is 0 Å². The Morgan fingerprint density at radius 1 is 0.361 bits per heavy atom. The van der Waals surface area contributed by atoms with Crippen LogP contribution in [-0.4, -0.2) is 0 Å². The SMILES string of the molecule is Cc1ccc(/C=C/c2cc3c4ccccc4c(/C=C/c4ccc(C)cc4)cc3c3ccccc23)cc1. The topological polar surface area (TPSA) is 0 Å².